The molecule has 3 aliphatic rings. The van der Waals surface area contributed by atoms with Crippen LogP contribution in [-0.2, 0) is 16.0 Å². The summed E-state index contributed by atoms with van der Waals surface area (Å²) in [6.45, 7) is 1.88. The number of piperidine rings is 1. The zero-order chi connectivity index (χ0) is 20.4. The molecule has 29 heavy (non-hydrogen) atoms. The lowest BCUT2D eigenvalue weighted by molar-refractivity contribution is -0.141. The summed E-state index contributed by atoms with van der Waals surface area (Å²) in [6, 6.07) is 4.83. The average molecular weight is 400 g/mol. The summed E-state index contributed by atoms with van der Waals surface area (Å²) < 4.78 is 13.6. The van der Waals surface area contributed by atoms with Gasteiger partial charge in [-0.2, -0.15) is 0 Å². The van der Waals surface area contributed by atoms with Gasteiger partial charge in [0.1, 0.15) is 5.82 Å². The predicted molar refractivity (Wildman–Crippen MR) is 109 cm³/mol. The van der Waals surface area contributed by atoms with Gasteiger partial charge in [0.25, 0.3) is 0 Å². The van der Waals surface area contributed by atoms with E-state index >= 15 is 0 Å². The molecule has 0 unspecified atom stereocenters. The third-order valence-corrected chi connectivity index (χ3v) is 6.86. The van der Waals surface area contributed by atoms with Crippen molar-refractivity contribution in [2.24, 2.45) is 22.7 Å². The number of hydrogen-bond donors (Lipinski definition) is 1. The Kier molecular flexibility index (Phi) is 5.97. The van der Waals surface area contributed by atoms with Gasteiger partial charge in [0.05, 0.1) is 0 Å². The summed E-state index contributed by atoms with van der Waals surface area (Å²) in [6.07, 6.45) is 6.42. The van der Waals surface area contributed by atoms with Crippen molar-refractivity contribution in [2.75, 3.05) is 19.6 Å². The number of carbonyl (C=O) groups excluding carboxylic acids is 1. The summed E-state index contributed by atoms with van der Waals surface area (Å²) in [7, 11) is 0. The summed E-state index contributed by atoms with van der Waals surface area (Å²) in [4.78, 5) is 31.0. The van der Waals surface area contributed by atoms with Crippen molar-refractivity contribution in [3.05, 3.63) is 35.1 Å². The Labute approximate surface area is 171 Å². The third kappa shape index (κ3) is 4.51. The van der Waals surface area contributed by atoms with E-state index in [0.717, 1.165) is 55.4 Å². The fraction of sp³-hybridized carbons (Fsp3) is 0.609. The molecule has 0 spiro atoms. The fourth-order valence-electron chi connectivity index (χ4n) is 5.31. The first kappa shape index (κ1) is 20.0. The van der Waals surface area contributed by atoms with E-state index < -0.39 is 5.97 Å². The zero-order valence-corrected chi connectivity index (χ0v) is 16.8. The Morgan fingerprint density at radius 2 is 1.97 bits per heavy atom. The minimum Gasteiger partial charge on any atom is -0.481 e. The van der Waals surface area contributed by atoms with Gasteiger partial charge in [-0.15, -0.1) is 0 Å². The van der Waals surface area contributed by atoms with Crippen LogP contribution >= 0.6 is 0 Å². The van der Waals surface area contributed by atoms with Gasteiger partial charge in [-0.05, 0) is 73.3 Å². The number of hydrogen-bond acceptors (Lipinski definition) is 3. The molecule has 2 heterocycles. The van der Waals surface area contributed by atoms with Gasteiger partial charge in [0.2, 0.25) is 5.91 Å². The zero-order valence-electron chi connectivity index (χ0n) is 16.8. The molecule has 2 aliphatic heterocycles. The second-order valence-corrected chi connectivity index (χ2v) is 8.76. The Morgan fingerprint density at radius 1 is 1.17 bits per heavy atom. The minimum atomic E-state index is -0.788. The molecule has 1 N–H and O–H groups in total. The minimum absolute atomic E-state index is 0.0358. The second-order valence-electron chi connectivity index (χ2n) is 8.76. The van der Waals surface area contributed by atoms with E-state index in [1.165, 1.54) is 6.07 Å². The maximum Gasteiger partial charge on any atom is 0.303 e. The highest BCUT2D eigenvalue weighted by Gasteiger charge is 2.36. The van der Waals surface area contributed by atoms with Crippen LogP contribution in [0, 0.1) is 23.6 Å². The molecule has 0 aromatic heterocycles. The highest BCUT2D eigenvalue weighted by Crippen LogP contribution is 2.34. The molecule has 1 aromatic carbocycles. The number of nitrogens with zero attached hydrogens (tertiary/aromatic N) is 2. The molecule has 0 radical (unpaired) electrons. The monoisotopic (exact) mass is 400 g/mol. The average Bonchev–Trinajstić information content (AvgIpc) is 3.23. The molecular weight excluding hydrogens is 371 g/mol. The Balaban J connectivity index is 1.52. The molecule has 1 aliphatic carbocycles. The highest BCUT2D eigenvalue weighted by atomic mass is 19.1. The van der Waals surface area contributed by atoms with Gasteiger partial charge in [-0.25, -0.2) is 4.39 Å². The summed E-state index contributed by atoms with van der Waals surface area (Å²) in [5, 5.41) is 9.37. The lowest BCUT2D eigenvalue weighted by Gasteiger charge is -2.39. The second kappa shape index (κ2) is 8.64. The Bertz CT molecular complexity index is 816. The summed E-state index contributed by atoms with van der Waals surface area (Å²) >= 11 is 0. The van der Waals surface area contributed by atoms with Gasteiger partial charge in [0.15, 0.2) is 0 Å². The normalized spacial score (nSPS) is 24.9. The molecule has 1 amide bonds. The topological polar surface area (TPSA) is 70.0 Å². The van der Waals surface area contributed by atoms with Crippen LogP contribution in [0.5, 0.6) is 0 Å². The maximum atomic E-state index is 13.6. The van der Waals surface area contributed by atoms with Crippen LogP contribution in [0.4, 0.5) is 4.39 Å². The van der Waals surface area contributed by atoms with Crippen molar-refractivity contribution >= 4 is 17.6 Å². The fourth-order valence-corrected chi connectivity index (χ4v) is 5.31. The lowest BCUT2D eigenvalue weighted by Crippen LogP contribution is -2.46. The van der Waals surface area contributed by atoms with E-state index in [9.17, 15) is 19.1 Å². The third-order valence-electron chi connectivity index (χ3n) is 6.86. The van der Waals surface area contributed by atoms with Crippen LogP contribution in [0.2, 0.25) is 0 Å². The van der Waals surface area contributed by atoms with Crippen LogP contribution in [0.25, 0.3) is 0 Å². The van der Waals surface area contributed by atoms with E-state index in [1.807, 2.05) is 4.90 Å². The molecule has 1 aromatic rings. The van der Waals surface area contributed by atoms with Crippen LogP contribution in [0.15, 0.2) is 23.2 Å². The molecule has 1 saturated heterocycles. The van der Waals surface area contributed by atoms with Crippen LogP contribution in [0.1, 0.15) is 56.1 Å². The molecule has 0 bridgehead atoms. The number of halogens is 1. The van der Waals surface area contributed by atoms with Crippen LogP contribution < -0.4 is 0 Å². The lowest BCUT2D eigenvalue weighted by atomic mass is 9.78. The van der Waals surface area contributed by atoms with Crippen molar-refractivity contribution < 1.29 is 19.1 Å². The van der Waals surface area contributed by atoms with Gasteiger partial charge in [-0.3, -0.25) is 14.6 Å². The van der Waals surface area contributed by atoms with E-state index in [0.29, 0.717) is 26.1 Å². The number of carbonyl (C=O) groups is 2. The van der Waals surface area contributed by atoms with Crippen LogP contribution in [0.3, 0.4) is 0 Å². The number of benzene rings is 1. The molecular formula is C23H29FN2O3. The molecule has 4 rings (SSSR count). The van der Waals surface area contributed by atoms with Gasteiger partial charge in [-0.1, -0.05) is 12.8 Å². The Hall–Kier alpha value is -2.24. The number of aliphatic carboxylic acids is 1. The molecule has 2 fully saturated rings. The predicted octanol–water partition coefficient (Wildman–Crippen LogP) is 3.69. The number of rotatable bonds is 5. The smallest absolute Gasteiger partial charge is 0.303 e. The van der Waals surface area contributed by atoms with Crippen molar-refractivity contribution in [3.63, 3.8) is 0 Å². The van der Waals surface area contributed by atoms with E-state index in [4.69, 9.17) is 4.99 Å². The van der Waals surface area contributed by atoms with Crippen LogP contribution in [-0.4, -0.2) is 47.2 Å². The first-order valence-corrected chi connectivity index (χ1v) is 10.8. The summed E-state index contributed by atoms with van der Waals surface area (Å²) in [5.41, 5.74) is 2.88. The maximum absolute atomic E-state index is 13.6. The number of aliphatic imine (C=N–C) groups is 1. The number of amides is 1. The largest absolute Gasteiger partial charge is 0.481 e. The first-order valence-electron chi connectivity index (χ1n) is 10.8. The van der Waals surface area contributed by atoms with E-state index in [-0.39, 0.29) is 35.9 Å². The molecule has 1 saturated carbocycles. The van der Waals surface area contributed by atoms with Gasteiger partial charge >= 0.3 is 5.97 Å². The number of carboxylic acid groups (broad SMARTS) is 1. The standard InChI is InChI=1S/C23H29FN2O3/c24-19-5-6-20-17(11-19)7-9-25-21(20)12-18-14-26(10-8-16(18)13-22(27)28)23(29)15-3-1-2-4-15/h5-6,11,15-16,18H,1-4,7-10,12-14H2,(H,27,28)/t16-,18-/m0/s1. The number of fused-ring (bicyclic) bond motifs is 1. The Morgan fingerprint density at radius 3 is 2.72 bits per heavy atom. The van der Waals surface area contributed by atoms with Crippen molar-refractivity contribution in [1.82, 2.24) is 4.90 Å². The molecule has 5 nitrogen and oxygen atoms in total. The van der Waals surface area contributed by atoms with E-state index in [1.54, 1.807) is 12.1 Å². The molecule has 6 heteroatoms. The number of carboxylic acids is 1. The molecule has 156 valence electrons. The highest BCUT2D eigenvalue weighted by molar-refractivity contribution is 6.02. The van der Waals surface area contributed by atoms with Gasteiger partial charge in [0, 0.05) is 37.7 Å². The SMILES string of the molecule is O=C(O)C[C@@H]1CCN(C(=O)C2CCCC2)C[C@@H]1CC1=NCCc2cc(F)ccc21. The van der Waals surface area contributed by atoms with Crippen molar-refractivity contribution in [1.29, 1.82) is 0 Å². The molecule has 2 atom stereocenters. The first-order chi connectivity index (χ1) is 14.0. The quantitative estimate of drug-likeness (QED) is 0.819. The number of likely N-dealkylation sites (tertiary alicyclic amines) is 1. The summed E-state index contributed by atoms with van der Waals surface area (Å²) in [5.74, 6) is -0.534. The van der Waals surface area contributed by atoms with Gasteiger partial charge < -0.3 is 10.0 Å². The van der Waals surface area contributed by atoms with Crippen molar-refractivity contribution in [3.8, 4) is 0 Å². The van der Waals surface area contributed by atoms with Crippen molar-refractivity contribution in [2.45, 2.75) is 51.4 Å². The van der Waals surface area contributed by atoms with E-state index in [2.05, 4.69) is 0 Å².